The van der Waals surface area contributed by atoms with E-state index in [2.05, 4.69) is 21.8 Å². The van der Waals surface area contributed by atoms with Crippen molar-refractivity contribution in [2.24, 2.45) is 11.7 Å². The molecule has 0 saturated carbocycles. The zero-order valence-electron chi connectivity index (χ0n) is 12.5. The van der Waals surface area contributed by atoms with Crippen LogP contribution in [0.25, 0.3) is 0 Å². The largest absolute Gasteiger partial charge is 0.382 e. The predicted molar refractivity (Wildman–Crippen MR) is 82.2 cm³/mol. The maximum absolute atomic E-state index is 7.54. The van der Waals surface area contributed by atoms with Gasteiger partial charge in [-0.05, 0) is 38.2 Å². The Balaban J connectivity index is 2.13. The van der Waals surface area contributed by atoms with E-state index in [0.29, 0.717) is 5.69 Å². The van der Waals surface area contributed by atoms with Crippen LogP contribution in [-0.4, -0.2) is 28.9 Å². The normalized spacial score (nSPS) is 19.7. The Morgan fingerprint density at radius 1 is 1.40 bits per heavy atom. The number of hydrogen-bond acceptors (Lipinski definition) is 4. The molecule has 5 heteroatoms. The summed E-state index contributed by atoms with van der Waals surface area (Å²) >= 11 is 0. The molecule has 1 atom stereocenters. The average Bonchev–Trinajstić information content (AvgIpc) is 2.64. The van der Waals surface area contributed by atoms with Gasteiger partial charge in [0.1, 0.15) is 11.5 Å². The van der Waals surface area contributed by atoms with Gasteiger partial charge in [0.2, 0.25) is 5.95 Å². The van der Waals surface area contributed by atoms with E-state index in [1.54, 1.807) is 6.07 Å². The van der Waals surface area contributed by atoms with E-state index in [4.69, 9.17) is 11.1 Å². The lowest BCUT2D eigenvalue weighted by Crippen LogP contribution is -2.28. The average molecular weight is 275 g/mol. The molecule has 0 aliphatic carbocycles. The molecule has 0 bridgehead atoms. The summed E-state index contributed by atoms with van der Waals surface area (Å²) in [6, 6.07) is 1.77. The Kier molecular flexibility index (Phi) is 4.93. The van der Waals surface area contributed by atoms with Crippen LogP contribution in [-0.2, 0) is 0 Å². The van der Waals surface area contributed by atoms with Gasteiger partial charge in [0.05, 0.1) is 0 Å². The first-order valence-electron chi connectivity index (χ1n) is 7.55. The van der Waals surface area contributed by atoms with Gasteiger partial charge in [0.15, 0.2) is 0 Å². The van der Waals surface area contributed by atoms with Gasteiger partial charge in [-0.1, -0.05) is 19.8 Å². The number of nitrogen functional groups attached to an aromatic ring is 1. The van der Waals surface area contributed by atoms with E-state index >= 15 is 0 Å². The zero-order valence-corrected chi connectivity index (χ0v) is 12.5. The highest BCUT2D eigenvalue weighted by Crippen LogP contribution is 2.24. The number of nitrogens with two attached hydrogens (primary N) is 1. The number of anilines is 1. The van der Waals surface area contributed by atoms with E-state index in [1.165, 1.54) is 32.1 Å². The first-order chi connectivity index (χ1) is 9.60. The second-order valence-electron chi connectivity index (χ2n) is 5.68. The van der Waals surface area contributed by atoms with Crippen molar-refractivity contribution in [3.8, 4) is 0 Å². The van der Waals surface area contributed by atoms with E-state index < -0.39 is 0 Å². The lowest BCUT2D eigenvalue weighted by Gasteiger charge is -2.21. The summed E-state index contributed by atoms with van der Waals surface area (Å²) in [6.07, 6.45) is 6.29. The lowest BCUT2D eigenvalue weighted by molar-refractivity contribution is 0.435. The highest BCUT2D eigenvalue weighted by Gasteiger charge is 2.19. The minimum absolute atomic E-state index is 0.00966. The molecular weight excluding hydrogens is 250 g/mol. The van der Waals surface area contributed by atoms with Crippen molar-refractivity contribution in [1.82, 2.24) is 9.97 Å². The summed E-state index contributed by atoms with van der Waals surface area (Å²) in [4.78, 5) is 11.2. The third-order valence-electron chi connectivity index (χ3n) is 3.95. The maximum Gasteiger partial charge on any atom is 0.226 e. The van der Waals surface area contributed by atoms with Gasteiger partial charge in [-0.2, -0.15) is 0 Å². The van der Waals surface area contributed by atoms with Crippen LogP contribution in [0.4, 0.5) is 5.95 Å². The van der Waals surface area contributed by atoms with E-state index in [-0.39, 0.29) is 5.84 Å². The third-order valence-corrected chi connectivity index (χ3v) is 3.95. The Hall–Kier alpha value is -1.65. The van der Waals surface area contributed by atoms with Gasteiger partial charge in [0, 0.05) is 18.8 Å². The molecular formula is C15H25N5. The molecule has 1 aliphatic heterocycles. The van der Waals surface area contributed by atoms with E-state index in [1.807, 2.05) is 6.92 Å². The summed E-state index contributed by atoms with van der Waals surface area (Å²) < 4.78 is 0. The van der Waals surface area contributed by atoms with Gasteiger partial charge >= 0.3 is 0 Å². The van der Waals surface area contributed by atoms with E-state index in [9.17, 15) is 0 Å². The Labute approximate surface area is 121 Å². The number of nitrogens with one attached hydrogen (secondary N) is 1. The van der Waals surface area contributed by atoms with Crippen LogP contribution in [0.1, 0.15) is 50.4 Å². The van der Waals surface area contributed by atoms with E-state index in [0.717, 1.165) is 30.6 Å². The van der Waals surface area contributed by atoms with Crippen LogP contribution in [0.15, 0.2) is 6.07 Å². The van der Waals surface area contributed by atoms with Crippen LogP contribution in [0, 0.1) is 18.3 Å². The molecule has 2 heterocycles. The topological polar surface area (TPSA) is 78.9 Å². The van der Waals surface area contributed by atoms with Gasteiger partial charge in [0.25, 0.3) is 0 Å². The van der Waals surface area contributed by atoms with Crippen molar-refractivity contribution in [1.29, 1.82) is 5.41 Å². The summed E-state index contributed by atoms with van der Waals surface area (Å²) in [5, 5.41) is 7.54. The Bertz CT molecular complexity index is 471. The fourth-order valence-electron chi connectivity index (χ4n) is 2.89. The smallest absolute Gasteiger partial charge is 0.226 e. The molecule has 1 unspecified atom stereocenters. The molecule has 0 aromatic carbocycles. The number of hydrogen-bond donors (Lipinski definition) is 2. The van der Waals surface area contributed by atoms with Crippen molar-refractivity contribution in [2.75, 3.05) is 18.0 Å². The molecule has 0 amide bonds. The van der Waals surface area contributed by atoms with Crippen molar-refractivity contribution in [3.63, 3.8) is 0 Å². The number of aryl methyl sites for hydroxylation is 1. The lowest BCUT2D eigenvalue weighted by atomic mass is 9.96. The second-order valence-corrected chi connectivity index (χ2v) is 5.68. The molecule has 1 fully saturated rings. The molecule has 1 aliphatic rings. The summed E-state index contributed by atoms with van der Waals surface area (Å²) in [7, 11) is 0. The minimum atomic E-state index is 0.00966. The summed E-state index contributed by atoms with van der Waals surface area (Å²) in [6.45, 7) is 6.19. The third kappa shape index (κ3) is 3.68. The summed E-state index contributed by atoms with van der Waals surface area (Å²) in [5.41, 5.74) is 6.95. The van der Waals surface area contributed by atoms with Crippen LogP contribution in [0.3, 0.4) is 0 Å². The number of aromatic nitrogens is 2. The number of amidine groups is 1. The fraction of sp³-hybridized carbons (Fsp3) is 0.667. The molecule has 1 saturated heterocycles. The number of rotatable bonds is 4. The van der Waals surface area contributed by atoms with Crippen LogP contribution in [0.5, 0.6) is 0 Å². The fourth-order valence-corrected chi connectivity index (χ4v) is 2.89. The highest BCUT2D eigenvalue weighted by molar-refractivity contribution is 5.93. The molecule has 2 rings (SSSR count). The Morgan fingerprint density at radius 3 is 2.90 bits per heavy atom. The molecule has 5 nitrogen and oxygen atoms in total. The quantitative estimate of drug-likeness (QED) is 0.653. The number of nitrogens with zero attached hydrogens (tertiary/aromatic N) is 3. The monoisotopic (exact) mass is 275 g/mol. The molecule has 0 radical (unpaired) electrons. The van der Waals surface area contributed by atoms with Crippen LogP contribution < -0.4 is 10.6 Å². The molecule has 1 aromatic rings. The molecule has 110 valence electrons. The predicted octanol–water partition coefficient (Wildman–Crippen LogP) is 2.48. The van der Waals surface area contributed by atoms with Crippen molar-refractivity contribution >= 4 is 11.8 Å². The van der Waals surface area contributed by atoms with Gasteiger partial charge < -0.3 is 10.6 Å². The van der Waals surface area contributed by atoms with Crippen LogP contribution in [0.2, 0.25) is 0 Å². The molecule has 1 aromatic heterocycles. The van der Waals surface area contributed by atoms with Gasteiger partial charge in [-0.15, -0.1) is 0 Å². The first kappa shape index (κ1) is 14.8. The Morgan fingerprint density at radius 2 is 2.20 bits per heavy atom. The molecule has 3 N–H and O–H groups in total. The van der Waals surface area contributed by atoms with Crippen molar-refractivity contribution in [2.45, 2.75) is 46.0 Å². The SMILES string of the molecule is CCCC1CCCN(c2nc(C)cc(C(=N)N)n2)CC1. The highest BCUT2D eigenvalue weighted by atomic mass is 15.3. The zero-order chi connectivity index (χ0) is 14.5. The minimum Gasteiger partial charge on any atom is -0.382 e. The molecule has 20 heavy (non-hydrogen) atoms. The maximum atomic E-state index is 7.54. The van der Waals surface area contributed by atoms with Crippen molar-refractivity contribution in [3.05, 3.63) is 17.5 Å². The van der Waals surface area contributed by atoms with Gasteiger partial charge in [-0.25, -0.2) is 9.97 Å². The molecule has 0 spiro atoms. The van der Waals surface area contributed by atoms with Crippen molar-refractivity contribution < 1.29 is 0 Å². The standard InChI is InChI=1S/C15H25N5/c1-3-5-12-6-4-8-20(9-7-12)15-18-11(2)10-13(19-15)14(16)17/h10,12H,3-9H2,1-2H3,(H3,16,17). The van der Waals surface area contributed by atoms with Gasteiger partial charge in [-0.3, -0.25) is 5.41 Å². The summed E-state index contributed by atoms with van der Waals surface area (Å²) in [5.74, 6) is 1.57. The first-order valence-corrected chi connectivity index (χ1v) is 7.55. The van der Waals surface area contributed by atoms with Crippen LogP contribution >= 0.6 is 0 Å². The second kappa shape index (κ2) is 6.68.